The van der Waals surface area contributed by atoms with E-state index in [1.807, 2.05) is 39.0 Å². The van der Waals surface area contributed by atoms with E-state index < -0.39 is 11.6 Å². The number of nitriles is 1. The summed E-state index contributed by atoms with van der Waals surface area (Å²) in [7, 11) is 0. The summed E-state index contributed by atoms with van der Waals surface area (Å²) in [6.45, 7) is 6.08. The average molecular weight is 331 g/mol. The monoisotopic (exact) mass is 331 g/mol. The number of ether oxygens (including phenoxy) is 2. The molecule has 1 aromatic rings. The highest BCUT2D eigenvalue weighted by Gasteiger charge is 2.25. The summed E-state index contributed by atoms with van der Waals surface area (Å²) < 4.78 is 10.9. The van der Waals surface area contributed by atoms with Gasteiger partial charge < -0.3 is 15.2 Å². The molecule has 2 atom stereocenters. The number of esters is 1. The number of nitrogens with one attached hydrogen (secondary N) is 1. The molecular weight excluding hydrogens is 306 g/mol. The largest absolute Gasteiger partial charge is 0.493 e. The predicted octanol–water partition coefficient (Wildman–Crippen LogP) is 2.35. The van der Waals surface area contributed by atoms with E-state index >= 15 is 0 Å². The van der Waals surface area contributed by atoms with Gasteiger partial charge in [0, 0.05) is 5.69 Å². The summed E-state index contributed by atoms with van der Waals surface area (Å²) >= 11 is 0. The third-order valence-corrected chi connectivity index (χ3v) is 3.79. The van der Waals surface area contributed by atoms with E-state index in [0.717, 1.165) is 17.7 Å². The Kier molecular flexibility index (Phi) is 5.68. The first-order valence-electron chi connectivity index (χ1n) is 8.15. The fourth-order valence-electron chi connectivity index (χ4n) is 2.78. The van der Waals surface area contributed by atoms with Gasteiger partial charge in [-0.15, -0.1) is 0 Å². The maximum absolute atomic E-state index is 11.8. The zero-order chi connectivity index (χ0) is 17.7. The third-order valence-electron chi connectivity index (χ3n) is 3.79. The minimum Gasteiger partial charge on any atom is -0.493 e. The van der Waals surface area contributed by atoms with Crippen molar-refractivity contribution >= 4 is 11.7 Å². The van der Waals surface area contributed by atoms with Crippen molar-refractivity contribution in [3.05, 3.63) is 23.8 Å². The molecule has 0 radical (unpaired) electrons. The molecule has 0 amide bonds. The van der Waals surface area contributed by atoms with Crippen LogP contribution in [0.5, 0.6) is 5.75 Å². The number of hydrogen-bond acceptors (Lipinski definition) is 6. The van der Waals surface area contributed by atoms with E-state index in [1.165, 1.54) is 0 Å². The number of nitrogens with zero attached hydrogens (tertiary/aromatic N) is 1. The maximum Gasteiger partial charge on any atom is 0.320 e. The van der Waals surface area contributed by atoms with Crippen molar-refractivity contribution < 1.29 is 14.3 Å². The summed E-state index contributed by atoms with van der Waals surface area (Å²) in [5.41, 5.74) is 7.05. The summed E-state index contributed by atoms with van der Waals surface area (Å²) in [4.78, 5) is 11.8. The quantitative estimate of drug-likeness (QED) is 0.635. The van der Waals surface area contributed by atoms with Gasteiger partial charge in [0.15, 0.2) is 0 Å². The van der Waals surface area contributed by atoms with Crippen LogP contribution in [0.4, 0.5) is 5.69 Å². The fraction of sp³-hybridized carbons (Fsp3) is 0.556. The minimum absolute atomic E-state index is 0.0164. The van der Waals surface area contributed by atoms with Crippen LogP contribution in [-0.4, -0.2) is 30.8 Å². The zero-order valence-corrected chi connectivity index (χ0v) is 14.5. The molecule has 1 aliphatic heterocycles. The van der Waals surface area contributed by atoms with Gasteiger partial charge >= 0.3 is 5.97 Å². The van der Waals surface area contributed by atoms with Gasteiger partial charge in [0.05, 0.1) is 25.3 Å². The molecule has 0 fully saturated rings. The van der Waals surface area contributed by atoms with E-state index in [-0.39, 0.29) is 18.4 Å². The number of rotatable bonds is 5. The highest BCUT2D eigenvalue weighted by Crippen LogP contribution is 2.37. The average Bonchev–Trinajstić information content (AvgIpc) is 2.50. The van der Waals surface area contributed by atoms with Gasteiger partial charge in [-0.25, -0.2) is 0 Å². The van der Waals surface area contributed by atoms with Crippen LogP contribution in [0.25, 0.3) is 0 Å². The van der Waals surface area contributed by atoms with Gasteiger partial charge in [0.2, 0.25) is 0 Å². The van der Waals surface area contributed by atoms with Crippen molar-refractivity contribution in [1.82, 2.24) is 5.32 Å². The van der Waals surface area contributed by atoms with E-state index in [4.69, 9.17) is 15.2 Å². The molecule has 2 unspecified atom stereocenters. The van der Waals surface area contributed by atoms with Gasteiger partial charge in [-0.2, -0.15) is 5.26 Å². The Morgan fingerprint density at radius 2 is 2.29 bits per heavy atom. The lowest BCUT2D eigenvalue weighted by Gasteiger charge is -2.28. The summed E-state index contributed by atoms with van der Waals surface area (Å²) in [6, 6.07) is 7.37. The van der Waals surface area contributed by atoms with Crippen molar-refractivity contribution in [2.24, 2.45) is 0 Å². The van der Waals surface area contributed by atoms with Gasteiger partial charge in [-0.3, -0.25) is 10.1 Å². The predicted molar refractivity (Wildman–Crippen MR) is 91.6 cm³/mol. The van der Waals surface area contributed by atoms with Crippen LogP contribution < -0.4 is 15.8 Å². The molecule has 6 nitrogen and oxygen atoms in total. The van der Waals surface area contributed by atoms with Crippen molar-refractivity contribution in [2.75, 3.05) is 18.9 Å². The molecule has 0 bridgehead atoms. The third kappa shape index (κ3) is 5.14. The summed E-state index contributed by atoms with van der Waals surface area (Å²) in [5, 5.41) is 12.4. The number of carbonyl (C=O) groups is 1. The lowest BCUT2D eigenvalue weighted by Crippen LogP contribution is -2.37. The molecule has 0 aliphatic carbocycles. The van der Waals surface area contributed by atoms with Gasteiger partial charge in [-0.1, -0.05) is 0 Å². The Morgan fingerprint density at radius 1 is 1.54 bits per heavy atom. The Bertz CT molecular complexity index is 631. The zero-order valence-electron chi connectivity index (χ0n) is 14.5. The first-order chi connectivity index (χ1) is 11.3. The molecule has 130 valence electrons. The number of benzene rings is 1. The molecule has 1 aromatic carbocycles. The van der Waals surface area contributed by atoms with E-state index in [0.29, 0.717) is 18.7 Å². The topological polar surface area (TPSA) is 97.4 Å². The second-order valence-corrected chi connectivity index (χ2v) is 7.02. The van der Waals surface area contributed by atoms with Gasteiger partial charge in [0.25, 0.3) is 0 Å². The van der Waals surface area contributed by atoms with Crippen LogP contribution in [0, 0.1) is 11.3 Å². The molecule has 2 rings (SSSR count). The van der Waals surface area contributed by atoms with Gasteiger partial charge in [-0.05, 0) is 63.3 Å². The first kappa shape index (κ1) is 18.1. The number of hydrogen-bond donors (Lipinski definition) is 2. The number of nitrogen functional groups attached to an aromatic ring is 1. The number of carbonyl (C=O) groups excluding carboxylic acids is 1. The second-order valence-electron chi connectivity index (χ2n) is 7.02. The molecule has 3 N–H and O–H groups in total. The lowest BCUT2D eigenvalue weighted by atomic mass is 9.87. The van der Waals surface area contributed by atoms with Crippen LogP contribution in [0.2, 0.25) is 0 Å². The SMILES string of the molecule is CC(C)(C)OC(=O)CNC(C#N)CC1CCOc2ccc(N)cc21. The molecule has 0 spiro atoms. The van der Waals surface area contributed by atoms with Crippen LogP contribution in [0.1, 0.15) is 45.1 Å². The molecule has 24 heavy (non-hydrogen) atoms. The maximum atomic E-state index is 11.8. The molecule has 0 saturated carbocycles. The number of fused-ring (bicyclic) bond motifs is 1. The molecule has 6 heteroatoms. The van der Waals surface area contributed by atoms with Crippen LogP contribution in [0.15, 0.2) is 18.2 Å². The standard InChI is InChI=1S/C18H25N3O3/c1-18(2,3)24-17(22)11-21-14(10-19)8-12-6-7-23-16-5-4-13(20)9-15(12)16/h4-5,9,12,14,21H,6-8,11,20H2,1-3H3. The van der Waals surface area contributed by atoms with Crippen molar-refractivity contribution in [3.8, 4) is 11.8 Å². The summed E-state index contributed by atoms with van der Waals surface area (Å²) in [6.07, 6.45) is 1.42. The van der Waals surface area contributed by atoms with Crippen LogP contribution in [-0.2, 0) is 9.53 Å². The lowest BCUT2D eigenvalue weighted by molar-refractivity contribution is -0.153. The van der Waals surface area contributed by atoms with Crippen LogP contribution in [0.3, 0.4) is 0 Å². The number of nitrogens with two attached hydrogens (primary N) is 1. The molecule has 1 aliphatic rings. The van der Waals surface area contributed by atoms with Crippen molar-refractivity contribution in [1.29, 1.82) is 5.26 Å². The molecule has 0 saturated heterocycles. The Hall–Kier alpha value is -2.26. The fourth-order valence-corrected chi connectivity index (χ4v) is 2.78. The Balaban J connectivity index is 1.96. The van der Waals surface area contributed by atoms with Crippen LogP contribution >= 0.6 is 0 Å². The highest BCUT2D eigenvalue weighted by atomic mass is 16.6. The highest BCUT2D eigenvalue weighted by molar-refractivity contribution is 5.72. The van der Waals surface area contributed by atoms with E-state index in [1.54, 1.807) is 0 Å². The number of anilines is 1. The van der Waals surface area contributed by atoms with E-state index in [9.17, 15) is 10.1 Å². The smallest absolute Gasteiger partial charge is 0.320 e. The van der Waals surface area contributed by atoms with Crippen molar-refractivity contribution in [3.63, 3.8) is 0 Å². The second kappa shape index (κ2) is 7.54. The Labute approximate surface area is 142 Å². The summed E-state index contributed by atoms with van der Waals surface area (Å²) in [5.74, 6) is 0.636. The normalized spacial score (nSPS) is 18.0. The molecule has 0 aromatic heterocycles. The first-order valence-corrected chi connectivity index (χ1v) is 8.15. The van der Waals surface area contributed by atoms with E-state index in [2.05, 4.69) is 11.4 Å². The minimum atomic E-state index is -0.530. The molecule has 1 heterocycles. The molecular formula is C18H25N3O3. The Morgan fingerprint density at radius 3 is 2.96 bits per heavy atom. The van der Waals surface area contributed by atoms with Crippen molar-refractivity contribution in [2.45, 2.75) is 51.2 Å². The van der Waals surface area contributed by atoms with Gasteiger partial charge in [0.1, 0.15) is 11.4 Å².